The Morgan fingerprint density at radius 2 is 2.00 bits per heavy atom. The number of phenolic OH excluding ortho intramolecular Hbond substituents is 2. The van der Waals surface area contributed by atoms with Gasteiger partial charge in [0.05, 0.1) is 0 Å². The predicted molar refractivity (Wildman–Crippen MR) is 89.7 cm³/mol. The highest BCUT2D eigenvalue weighted by Crippen LogP contribution is 2.33. The minimum atomic E-state index is -0.119. The van der Waals surface area contributed by atoms with Crippen LogP contribution in [0.2, 0.25) is 0 Å². The first-order chi connectivity index (χ1) is 10.6. The zero-order valence-corrected chi connectivity index (χ0v) is 12.8. The van der Waals surface area contributed by atoms with Crippen LogP contribution in [0, 0.1) is 5.92 Å². The molecule has 0 saturated carbocycles. The largest absolute Gasteiger partial charge is 0.504 e. The molecule has 0 aromatic heterocycles. The quantitative estimate of drug-likeness (QED) is 0.701. The van der Waals surface area contributed by atoms with Crippen LogP contribution in [0.4, 0.5) is 0 Å². The topological polar surface area (TPSA) is 49.7 Å². The summed E-state index contributed by atoms with van der Waals surface area (Å²) in [5.74, 6) is 0.715. The smallest absolute Gasteiger partial charge is 0.165 e. The van der Waals surface area contributed by atoms with Gasteiger partial charge in [-0.1, -0.05) is 37.8 Å². The van der Waals surface area contributed by atoms with Gasteiger partial charge in [-0.2, -0.15) is 0 Å². The summed E-state index contributed by atoms with van der Waals surface area (Å²) in [7, 11) is 0. The van der Waals surface area contributed by atoms with Gasteiger partial charge in [0.1, 0.15) is 12.4 Å². The van der Waals surface area contributed by atoms with Crippen LogP contribution >= 0.6 is 0 Å². The second kappa shape index (κ2) is 7.55. The average Bonchev–Trinajstić information content (AvgIpc) is 2.50. The van der Waals surface area contributed by atoms with Crippen LogP contribution in [0.1, 0.15) is 24.5 Å². The molecular formula is C19H22O3. The molecular weight excluding hydrogens is 276 g/mol. The Balaban J connectivity index is 2.34. The number of ether oxygens (including phenoxy) is 1. The lowest BCUT2D eigenvalue weighted by atomic mass is 9.96. The normalized spacial score (nSPS) is 23.7. The molecule has 0 spiro atoms. The van der Waals surface area contributed by atoms with Gasteiger partial charge < -0.3 is 14.9 Å². The van der Waals surface area contributed by atoms with Gasteiger partial charge >= 0.3 is 0 Å². The maximum absolute atomic E-state index is 10.1. The third-order valence-corrected chi connectivity index (χ3v) is 3.64. The monoisotopic (exact) mass is 298 g/mol. The Labute approximate surface area is 131 Å². The predicted octanol–water partition coefficient (Wildman–Crippen LogP) is 4.34. The molecule has 1 heterocycles. The second-order valence-corrected chi connectivity index (χ2v) is 5.45. The molecule has 0 radical (unpaired) electrons. The van der Waals surface area contributed by atoms with Crippen molar-refractivity contribution in [3.05, 3.63) is 66.0 Å². The molecule has 3 heteroatoms. The zero-order chi connectivity index (χ0) is 15.9. The highest BCUT2D eigenvalue weighted by atomic mass is 16.5. The molecule has 1 unspecified atom stereocenters. The molecule has 2 rings (SSSR count). The number of hydrogen-bond donors (Lipinski definition) is 2. The number of phenols is 2. The Kier molecular flexibility index (Phi) is 5.48. The molecule has 0 amide bonds. The summed E-state index contributed by atoms with van der Waals surface area (Å²) in [6.07, 6.45) is 13.3. The van der Waals surface area contributed by atoms with Crippen LogP contribution in [0.3, 0.4) is 0 Å². The van der Waals surface area contributed by atoms with E-state index in [0.29, 0.717) is 23.8 Å². The third kappa shape index (κ3) is 4.29. The van der Waals surface area contributed by atoms with Gasteiger partial charge in [-0.15, -0.1) is 0 Å². The van der Waals surface area contributed by atoms with E-state index in [9.17, 15) is 10.2 Å². The standard InChI is InChI=1S/C19H22O3/c1-14-6-4-3-5-13-22-15(2)8-11-17-16(9-7-14)10-12-18(20)19(17)21/h3-6,8,10-12,14,20-21H,2,7,9,13H2,1H3/b5-3-,6-4-,11-8-. The van der Waals surface area contributed by atoms with Gasteiger partial charge in [0.2, 0.25) is 0 Å². The van der Waals surface area contributed by atoms with Gasteiger partial charge in [-0.05, 0) is 48.6 Å². The summed E-state index contributed by atoms with van der Waals surface area (Å²) >= 11 is 0. The number of fused-ring (bicyclic) bond motifs is 1. The maximum Gasteiger partial charge on any atom is 0.165 e. The third-order valence-electron chi connectivity index (χ3n) is 3.64. The molecule has 0 saturated heterocycles. The van der Waals surface area contributed by atoms with Crippen molar-refractivity contribution in [3.63, 3.8) is 0 Å². The van der Waals surface area contributed by atoms with Crippen LogP contribution in [0.5, 0.6) is 11.5 Å². The number of allylic oxidation sites excluding steroid dienone is 4. The molecule has 2 N–H and O–H groups in total. The molecule has 1 atom stereocenters. The van der Waals surface area contributed by atoms with Crippen molar-refractivity contribution in [2.45, 2.75) is 19.8 Å². The molecule has 0 fully saturated rings. The lowest BCUT2D eigenvalue weighted by Gasteiger charge is -2.12. The molecule has 22 heavy (non-hydrogen) atoms. The number of aromatic hydroxyl groups is 2. The highest BCUT2D eigenvalue weighted by molar-refractivity contribution is 5.66. The van der Waals surface area contributed by atoms with Crippen molar-refractivity contribution in [2.75, 3.05) is 6.61 Å². The molecule has 116 valence electrons. The van der Waals surface area contributed by atoms with Crippen LogP contribution in [-0.4, -0.2) is 16.8 Å². The van der Waals surface area contributed by atoms with E-state index in [-0.39, 0.29) is 11.5 Å². The van der Waals surface area contributed by atoms with Crippen LogP contribution in [-0.2, 0) is 11.2 Å². The molecule has 1 aromatic rings. The lowest BCUT2D eigenvalue weighted by Crippen LogP contribution is -1.97. The fraction of sp³-hybridized carbons (Fsp3) is 0.263. The van der Waals surface area contributed by atoms with E-state index in [0.717, 1.165) is 18.4 Å². The molecule has 3 nitrogen and oxygen atoms in total. The highest BCUT2D eigenvalue weighted by Gasteiger charge is 2.11. The number of benzene rings is 1. The van der Waals surface area contributed by atoms with E-state index in [1.165, 1.54) is 6.07 Å². The van der Waals surface area contributed by atoms with Crippen molar-refractivity contribution < 1.29 is 14.9 Å². The van der Waals surface area contributed by atoms with Crippen molar-refractivity contribution >= 4 is 6.08 Å². The van der Waals surface area contributed by atoms with Crippen LogP contribution < -0.4 is 0 Å². The van der Waals surface area contributed by atoms with Gasteiger partial charge in [0.25, 0.3) is 0 Å². The summed E-state index contributed by atoms with van der Waals surface area (Å²) in [5, 5.41) is 19.8. The molecule has 0 bridgehead atoms. The number of rotatable bonds is 0. The SMILES string of the molecule is C=C1/C=C\c2c(ccc(O)c2O)CCC(C)/C=C\C=C/CO1. The Bertz CT molecular complexity index is 624. The van der Waals surface area contributed by atoms with Gasteiger partial charge in [-0.25, -0.2) is 0 Å². The van der Waals surface area contributed by atoms with Crippen molar-refractivity contribution in [1.82, 2.24) is 0 Å². The summed E-state index contributed by atoms with van der Waals surface area (Å²) in [4.78, 5) is 0. The average molecular weight is 298 g/mol. The van der Waals surface area contributed by atoms with Crippen LogP contribution in [0.15, 0.2) is 54.9 Å². The van der Waals surface area contributed by atoms with Gasteiger partial charge in [-0.3, -0.25) is 0 Å². The van der Waals surface area contributed by atoms with Gasteiger partial charge in [0, 0.05) is 5.56 Å². The van der Waals surface area contributed by atoms with E-state index in [1.54, 1.807) is 12.2 Å². The fourth-order valence-corrected chi connectivity index (χ4v) is 2.29. The van der Waals surface area contributed by atoms with E-state index in [4.69, 9.17) is 4.74 Å². The molecule has 1 aliphatic heterocycles. The van der Waals surface area contributed by atoms with Crippen molar-refractivity contribution in [1.29, 1.82) is 0 Å². The maximum atomic E-state index is 10.1. The van der Waals surface area contributed by atoms with Gasteiger partial charge in [0.15, 0.2) is 11.5 Å². The summed E-state index contributed by atoms with van der Waals surface area (Å²) in [6.45, 7) is 6.42. The Morgan fingerprint density at radius 3 is 2.82 bits per heavy atom. The Hall–Kier alpha value is -2.42. The second-order valence-electron chi connectivity index (χ2n) is 5.45. The molecule has 1 aliphatic rings. The minimum absolute atomic E-state index is 0.100. The molecule has 1 aromatic carbocycles. The number of aryl methyl sites for hydroxylation is 1. The number of hydrogen-bond acceptors (Lipinski definition) is 3. The Morgan fingerprint density at radius 1 is 1.18 bits per heavy atom. The van der Waals surface area contributed by atoms with Crippen molar-refractivity contribution in [2.24, 2.45) is 5.92 Å². The van der Waals surface area contributed by atoms with Crippen molar-refractivity contribution in [3.8, 4) is 11.5 Å². The van der Waals surface area contributed by atoms with E-state index in [2.05, 4.69) is 19.6 Å². The fourth-order valence-electron chi connectivity index (χ4n) is 2.29. The summed E-state index contributed by atoms with van der Waals surface area (Å²) in [6, 6.07) is 3.38. The molecule has 0 aliphatic carbocycles. The van der Waals surface area contributed by atoms with E-state index in [1.807, 2.05) is 24.3 Å². The van der Waals surface area contributed by atoms with E-state index >= 15 is 0 Å². The van der Waals surface area contributed by atoms with E-state index < -0.39 is 0 Å². The van der Waals surface area contributed by atoms with Crippen LogP contribution in [0.25, 0.3) is 6.08 Å². The first-order valence-corrected chi connectivity index (χ1v) is 7.45. The zero-order valence-electron chi connectivity index (χ0n) is 12.8. The summed E-state index contributed by atoms with van der Waals surface area (Å²) in [5.41, 5.74) is 1.61. The first kappa shape index (κ1) is 16.0. The lowest BCUT2D eigenvalue weighted by molar-refractivity contribution is 0.263. The first-order valence-electron chi connectivity index (χ1n) is 7.45. The summed E-state index contributed by atoms with van der Waals surface area (Å²) < 4.78 is 5.45. The minimum Gasteiger partial charge on any atom is -0.504 e.